The van der Waals surface area contributed by atoms with E-state index in [0.717, 1.165) is 18.7 Å². The molecule has 3 aliphatic rings. The summed E-state index contributed by atoms with van der Waals surface area (Å²) in [5.74, 6) is 1.12. The van der Waals surface area contributed by atoms with E-state index in [4.69, 9.17) is 9.47 Å². The molecule has 0 aromatic heterocycles. The molecule has 0 amide bonds. The fourth-order valence-electron chi connectivity index (χ4n) is 4.08. The number of rotatable bonds is 2. The topological polar surface area (TPSA) is 47.6 Å². The summed E-state index contributed by atoms with van der Waals surface area (Å²) < 4.78 is 10.8. The zero-order valence-corrected chi connectivity index (χ0v) is 12.3. The van der Waals surface area contributed by atoms with E-state index in [2.05, 4.69) is 5.32 Å². The molecule has 20 heavy (non-hydrogen) atoms. The van der Waals surface area contributed by atoms with Crippen molar-refractivity contribution in [1.29, 1.82) is 0 Å². The zero-order valence-electron chi connectivity index (χ0n) is 12.3. The maximum absolute atomic E-state index is 11.9. The van der Waals surface area contributed by atoms with Crippen molar-refractivity contribution in [3.05, 3.63) is 23.7 Å². The fraction of sp³-hybridized carbons (Fsp3) is 0.688. The molecule has 1 saturated carbocycles. The minimum atomic E-state index is -0.217. The van der Waals surface area contributed by atoms with Crippen LogP contribution in [0.3, 0.4) is 0 Å². The lowest BCUT2D eigenvalue weighted by Gasteiger charge is -2.36. The van der Waals surface area contributed by atoms with Gasteiger partial charge in [0.1, 0.15) is 5.76 Å². The van der Waals surface area contributed by atoms with Crippen LogP contribution in [-0.2, 0) is 14.3 Å². The van der Waals surface area contributed by atoms with E-state index in [1.807, 2.05) is 6.08 Å². The van der Waals surface area contributed by atoms with Gasteiger partial charge >= 0.3 is 0 Å². The van der Waals surface area contributed by atoms with Gasteiger partial charge in [0, 0.05) is 18.2 Å². The van der Waals surface area contributed by atoms with Crippen LogP contribution in [0.1, 0.15) is 38.5 Å². The van der Waals surface area contributed by atoms with E-state index >= 15 is 0 Å². The first-order valence-electron chi connectivity index (χ1n) is 7.45. The van der Waals surface area contributed by atoms with Crippen LogP contribution >= 0.6 is 0 Å². The zero-order chi connectivity index (χ0) is 14.2. The van der Waals surface area contributed by atoms with Crippen molar-refractivity contribution in [2.75, 3.05) is 20.8 Å². The van der Waals surface area contributed by atoms with Gasteiger partial charge in [-0.3, -0.25) is 4.79 Å². The molecule has 1 heterocycles. The minimum absolute atomic E-state index is 0.0976. The molecule has 2 aliphatic carbocycles. The van der Waals surface area contributed by atoms with E-state index < -0.39 is 0 Å². The first-order valence-corrected chi connectivity index (χ1v) is 7.45. The molecule has 0 aromatic carbocycles. The third-order valence-corrected chi connectivity index (χ3v) is 5.09. The van der Waals surface area contributed by atoms with Crippen LogP contribution in [0.4, 0.5) is 0 Å². The highest BCUT2D eigenvalue weighted by Crippen LogP contribution is 2.49. The highest BCUT2D eigenvalue weighted by molar-refractivity contribution is 6.04. The third-order valence-electron chi connectivity index (χ3n) is 5.09. The number of ether oxygens (including phenoxy) is 2. The molecular weight excluding hydrogens is 254 g/mol. The third kappa shape index (κ3) is 2.06. The van der Waals surface area contributed by atoms with Crippen molar-refractivity contribution in [3.8, 4) is 0 Å². The molecule has 1 unspecified atom stereocenters. The molecule has 4 nitrogen and oxygen atoms in total. The normalized spacial score (nSPS) is 32.2. The molecule has 1 atom stereocenters. The molecule has 1 saturated heterocycles. The molecule has 2 spiro atoms. The molecular formula is C16H23NO3. The Labute approximate surface area is 120 Å². The first-order chi connectivity index (χ1) is 9.63. The van der Waals surface area contributed by atoms with Crippen LogP contribution in [-0.4, -0.2) is 32.1 Å². The van der Waals surface area contributed by atoms with E-state index in [9.17, 15) is 4.79 Å². The van der Waals surface area contributed by atoms with Crippen LogP contribution in [0, 0.1) is 5.41 Å². The summed E-state index contributed by atoms with van der Waals surface area (Å²) in [6, 6.07) is 0. The highest BCUT2D eigenvalue weighted by Gasteiger charge is 2.51. The van der Waals surface area contributed by atoms with Crippen LogP contribution in [0.15, 0.2) is 23.7 Å². The van der Waals surface area contributed by atoms with Crippen molar-refractivity contribution < 1.29 is 14.3 Å². The molecule has 110 valence electrons. The van der Waals surface area contributed by atoms with Crippen molar-refractivity contribution in [1.82, 2.24) is 5.32 Å². The first kappa shape index (κ1) is 13.7. The Morgan fingerprint density at radius 3 is 2.55 bits per heavy atom. The number of hydrogen-bond acceptors (Lipinski definition) is 4. The van der Waals surface area contributed by atoms with E-state index in [1.165, 1.54) is 32.1 Å². The van der Waals surface area contributed by atoms with Gasteiger partial charge in [0.25, 0.3) is 0 Å². The Morgan fingerprint density at radius 1 is 1.15 bits per heavy atom. The Hall–Kier alpha value is -1.29. The standard InChI is InChI=1S/C16H23NO3/c1-19-13-9-15(14(20-2)8-12(13)18)10-16(17-11-15)6-4-3-5-7-16/h8-9,17H,3-7,10-11H2,1-2H3. The quantitative estimate of drug-likeness (QED) is 0.841. The predicted octanol–water partition coefficient (Wildman–Crippen LogP) is 2.31. The van der Waals surface area contributed by atoms with Gasteiger partial charge in [-0.1, -0.05) is 19.3 Å². The second-order valence-electron chi connectivity index (χ2n) is 6.32. The Balaban J connectivity index is 1.92. The van der Waals surface area contributed by atoms with Crippen LogP contribution in [0.25, 0.3) is 0 Å². The summed E-state index contributed by atoms with van der Waals surface area (Å²) >= 11 is 0. The van der Waals surface area contributed by atoms with Crippen molar-refractivity contribution >= 4 is 5.78 Å². The summed E-state index contributed by atoms with van der Waals surface area (Å²) in [5, 5.41) is 3.72. The second-order valence-corrected chi connectivity index (χ2v) is 6.32. The van der Waals surface area contributed by atoms with Gasteiger partial charge < -0.3 is 14.8 Å². The maximum Gasteiger partial charge on any atom is 0.223 e. The summed E-state index contributed by atoms with van der Waals surface area (Å²) in [5.41, 5.74) is -0.00302. The Morgan fingerprint density at radius 2 is 1.90 bits per heavy atom. The summed E-state index contributed by atoms with van der Waals surface area (Å²) in [4.78, 5) is 11.9. The lowest BCUT2D eigenvalue weighted by atomic mass is 9.71. The lowest BCUT2D eigenvalue weighted by molar-refractivity contribution is -0.114. The SMILES string of the molecule is COC1=CC2(CNC3(CCCCC3)C2)C(OC)=CC1=O. The molecule has 3 rings (SSSR count). The monoisotopic (exact) mass is 277 g/mol. The van der Waals surface area contributed by atoms with Gasteiger partial charge in [-0.2, -0.15) is 0 Å². The molecule has 0 aromatic rings. The smallest absolute Gasteiger partial charge is 0.223 e. The summed E-state index contributed by atoms with van der Waals surface area (Å²) in [6.45, 7) is 0.826. The van der Waals surface area contributed by atoms with Crippen LogP contribution < -0.4 is 5.32 Å². The summed E-state index contributed by atoms with van der Waals surface area (Å²) in [6.07, 6.45) is 10.9. The number of ketones is 1. The van der Waals surface area contributed by atoms with Crippen molar-refractivity contribution in [3.63, 3.8) is 0 Å². The average Bonchev–Trinajstić information content (AvgIpc) is 2.81. The summed E-state index contributed by atoms with van der Waals surface area (Å²) in [7, 11) is 3.21. The molecule has 0 bridgehead atoms. The fourth-order valence-corrected chi connectivity index (χ4v) is 4.08. The molecule has 4 heteroatoms. The largest absolute Gasteiger partial charge is 0.500 e. The Kier molecular flexibility index (Phi) is 3.36. The van der Waals surface area contributed by atoms with Crippen molar-refractivity contribution in [2.45, 2.75) is 44.1 Å². The predicted molar refractivity (Wildman–Crippen MR) is 76.1 cm³/mol. The number of carbonyl (C=O) groups is 1. The molecule has 2 fully saturated rings. The molecule has 1 aliphatic heterocycles. The van der Waals surface area contributed by atoms with Gasteiger partial charge in [-0.15, -0.1) is 0 Å². The van der Waals surface area contributed by atoms with E-state index in [-0.39, 0.29) is 16.7 Å². The van der Waals surface area contributed by atoms with Gasteiger partial charge in [-0.05, 0) is 25.3 Å². The van der Waals surface area contributed by atoms with Gasteiger partial charge in [-0.25, -0.2) is 0 Å². The molecule has 0 radical (unpaired) electrons. The number of hydrogen-bond donors (Lipinski definition) is 1. The van der Waals surface area contributed by atoms with Gasteiger partial charge in [0.05, 0.1) is 19.6 Å². The number of nitrogens with one attached hydrogen (secondary N) is 1. The average molecular weight is 277 g/mol. The Bertz CT molecular complexity index is 474. The van der Waals surface area contributed by atoms with E-state index in [1.54, 1.807) is 20.3 Å². The van der Waals surface area contributed by atoms with E-state index in [0.29, 0.717) is 5.76 Å². The maximum atomic E-state index is 11.9. The lowest BCUT2D eigenvalue weighted by Crippen LogP contribution is -2.41. The van der Waals surface area contributed by atoms with Gasteiger partial charge in [0.15, 0.2) is 5.76 Å². The number of methoxy groups -OCH3 is 2. The van der Waals surface area contributed by atoms with Crippen molar-refractivity contribution in [2.24, 2.45) is 5.41 Å². The number of allylic oxidation sites excluding steroid dienone is 1. The van der Waals surface area contributed by atoms with Crippen LogP contribution in [0.2, 0.25) is 0 Å². The molecule has 1 N–H and O–H groups in total. The minimum Gasteiger partial charge on any atom is -0.500 e. The second kappa shape index (κ2) is 4.92. The highest BCUT2D eigenvalue weighted by atomic mass is 16.5. The van der Waals surface area contributed by atoms with Gasteiger partial charge in [0.2, 0.25) is 5.78 Å². The van der Waals surface area contributed by atoms with Crippen LogP contribution in [0.5, 0.6) is 0 Å². The number of carbonyl (C=O) groups excluding carboxylic acids is 1.